The van der Waals surface area contributed by atoms with Crippen molar-refractivity contribution in [2.75, 3.05) is 6.61 Å². The Bertz CT molecular complexity index is 435. The maximum absolute atomic E-state index is 11.4. The summed E-state index contributed by atoms with van der Waals surface area (Å²) in [5.74, 6) is -0.110. The van der Waals surface area contributed by atoms with Gasteiger partial charge in [-0.2, -0.15) is 0 Å². The fourth-order valence-corrected chi connectivity index (χ4v) is 2.08. The average molecular weight is 263 g/mol. The predicted octanol–water partition coefficient (Wildman–Crippen LogP) is 2.60. The first-order valence-electron chi connectivity index (χ1n) is 6.74. The monoisotopic (exact) mass is 263 g/mol. The topological polar surface area (TPSA) is 49.3 Å². The number of nitrogens with one attached hydrogen (secondary N) is 1. The van der Waals surface area contributed by atoms with Crippen molar-refractivity contribution in [3.05, 3.63) is 34.4 Å². The molecular formula is C16H25NO2. The van der Waals surface area contributed by atoms with E-state index in [0.717, 1.165) is 0 Å². The van der Waals surface area contributed by atoms with Gasteiger partial charge in [-0.15, -0.1) is 0 Å². The Kier molecular flexibility index (Phi) is 5.12. The second kappa shape index (κ2) is 6.20. The molecule has 0 saturated heterocycles. The molecule has 1 amide bonds. The lowest BCUT2D eigenvalue weighted by Crippen LogP contribution is -2.24. The van der Waals surface area contributed by atoms with Crippen LogP contribution in [0.15, 0.2) is 12.1 Å². The average Bonchev–Trinajstić information content (AvgIpc) is 2.26. The first-order chi connectivity index (χ1) is 8.75. The highest BCUT2D eigenvalue weighted by Gasteiger charge is 2.16. The van der Waals surface area contributed by atoms with Crippen molar-refractivity contribution in [3.8, 4) is 0 Å². The van der Waals surface area contributed by atoms with E-state index in [4.69, 9.17) is 5.11 Å². The first-order valence-corrected chi connectivity index (χ1v) is 6.74. The van der Waals surface area contributed by atoms with Crippen molar-refractivity contribution >= 4 is 5.91 Å². The van der Waals surface area contributed by atoms with Gasteiger partial charge in [-0.3, -0.25) is 4.79 Å². The number of carbonyl (C=O) groups is 1. The molecule has 0 aliphatic rings. The highest BCUT2D eigenvalue weighted by atomic mass is 16.3. The quantitative estimate of drug-likeness (QED) is 0.877. The fourth-order valence-electron chi connectivity index (χ4n) is 2.08. The predicted molar refractivity (Wildman–Crippen MR) is 78.2 cm³/mol. The van der Waals surface area contributed by atoms with Gasteiger partial charge in [-0.1, -0.05) is 32.9 Å². The van der Waals surface area contributed by atoms with E-state index in [-0.39, 0.29) is 24.3 Å². The van der Waals surface area contributed by atoms with Gasteiger partial charge in [0.1, 0.15) is 0 Å². The Morgan fingerprint density at radius 3 is 2.16 bits per heavy atom. The summed E-state index contributed by atoms with van der Waals surface area (Å²) in [7, 11) is 0. The number of aliphatic hydroxyl groups excluding tert-OH is 1. The van der Waals surface area contributed by atoms with Gasteiger partial charge in [0.15, 0.2) is 0 Å². The Hall–Kier alpha value is -1.35. The lowest BCUT2D eigenvalue weighted by atomic mass is 9.84. The van der Waals surface area contributed by atoms with Gasteiger partial charge in [0.2, 0.25) is 5.91 Å². The first kappa shape index (κ1) is 15.7. The van der Waals surface area contributed by atoms with Crippen LogP contribution in [-0.2, 0) is 16.8 Å². The van der Waals surface area contributed by atoms with E-state index in [1.54, 1.807) is 0 Å². The molecule has 0 spiro atoms. The maximum Gasteiger partial charge on any atom is 0.222 e. The molecule has 2 N–H and O–H groups in total. The van der Waals surface area contributed by atoms with E-state index >= 15 is 0 Å². The van der Waals surface area contributed by atoms with E-state index < -0.39 is 0 Å². The Morgan fingerprint density at radius 2 is 1.74 bits per heavy atom. The molecule has 0 aromatic heterocycles. The number of hydrogen-bond donors (Lipinski definition) is 2. The molecule has 3 heteroatoms. The SMILES string of the molecule is Cc1cc(C(C)(C)C)cc(C)c1CNC(=O)CCO. The third-order valence-electron chi connectivity index (χ3n) is 3.36. The largest absolute Gasteiger partial charge is 0.396 e. The number of aliphatic hydroxyl groups is 1. The summed E-state index contributed by atoms with van der Waals surface area (Å²) in [6.07, 6.45) is 0.165. The smallest absolute Gasteiger partial charge is 0.222 e. The summed E-state index contributed by atoms with van der Waals surface area (Å²) in [6, 6.07) is 4.39. The highest BCUT2D eigenvalue weighted by molar-refractivity contribution is 5.76. The summed E-state index contributed by atoms with van der Waals surface area (Å²) in [6.45, 7) is 11.2. The second-order valence-corrected chi connectivity index (χ2v) is 6.09. The fraction of sp³-hybridized carbons (Fsp3) is 0.562. The number of carbonyl (C=O) groups excluding carboxylic acids is 1. The van der Waals surface area contributed by atoms with Crippen molar-refractivity contribution in [2.24, 2.45) is 0 Å². The van der Waals surface area contributed by atoms with Gasteiger partial charge < -0.3 is 10.4 Å². The van der Waals surface area contributed by atoms with E-state index in [2.05, 4.69) is 52.1 Å². The molecule has 0 atom stereocenters. The molecule has 0 aliphatic carbocycles. The molecule has 0 saturated carbocycles. The van der Waals surface area contributed by atoms with Crippen molar-refractivity contribution in [1.82, 2.24) is 5.32 Å². The standard InChI is InChI=1S/C16H25NO2/c1-11-8-13(16(3,4)5)9-12(2)14(11)10-17-15(19)6-7-18/h8-9,18H,6-7,10H2,1-5H3,(H,17,19). The van der Waals surface area contributed by atoms with Gasteiger partial charge in [-0.25, -0.2) is 0 Å². The van der Waals surface area contributed by atoms with E-state index in [1.807, 2.05) is 0 Å². The van der Waals surface area contributed by atoms with Crippen LogP contribution in [0.25, 0.3) is 0 Å². The third-order valence-corrected chi connectivity index (χ3v) is 3.36. The van der Waals surface area contributed by atoms with Gasteiger partial charge in [-0.05, 0) is 41.5 Å². The van der Waals surface area contributed by atoms with Crippen LogP contribution in [0.4, 0.5) is 0 Å². The highest BCUT2D eigenvalue weighted by Crippen LogP contribution is 2.26. The molecule has 3 nitrogen and oxygen atoms in total. The molecule has 0 bridgehead atoms. The maximum atomic E-state index is 11.4. The molecule has 1 rings (SSSR count). The van der Waals surface area contributed by atoms with Crippen LogP contribution in [-0.4, -0.2) is 17.6 Å². The zero-order chi connectivity index (χ0) is 14.6. The van der Waals surface area contributed by atoms with Gasteiger partial charge in [0.25, 0.3) is 0 Å². The van der Waals surface area contributed by atoms with Crippen LogP contribution in [0.5, 0.6) is 0 Å². The molecule has 19 heavy (non-hydrogen) atoms. The zero-order valence-electron chi connectivity index (χ0n) is 12.6. The molecule has 106 valence electrons. The number of aryl methyl sites for hydroxylation is 2. The molecule has 1 aromatic rings. The summed E-state index contributed by atoms with van der Waals surface area (Å²) in [4.78, 5) is 11.4. The minimum atomic E-state index is -0.110. The summed E-state index contributed by atoms with van der Waals surface area (Å²) >= 11 is 0. The van der Waals surface area contributed by atoms with E-state index in [0.29, 0.717) is 6.54 Å². The van der Waals surface area contributed by atoms with Crippen molar-refractivity contribution in [1.29, 1.82) is 0 Å². The number of amides is 1. The minimum Gasteiger partial charge on any atom is -0.396 e. The molecule has 0 heterocycles. The van der Waals surface area contributed by atoms with Crippen LogP contribution in [0.2, 0.25) is 0 Å². The summed E-state index contributed by atoms with van der Waals surface area (Å²) in [5.41, 5.74) is 5.02. The lowest BCUT2D eigenvalue weighted by molar-refractivity contribution is -0.121. The summed E-state index contributed by atoms with van der Waals surface area (Å²) < 4.78 is 0. The molecule has 0 unspecified atom stereocenters. The van der Waals surface area contributed by atoms with Crippen molar-refractivity contribution in [2.45, 2.75) is 53.0 Å². The Balaban J connectivity index is 2.89. The third kappa shape index (κ3) is 4.35. The van der Waals surface area contributed by atoms with Crippen LogP contribution < -0.4 is 5.32 Å². The Morgan fingerprint density at radius 1 is 1.21 bits per heavy atom. The normalized spacial score (nSPS) is 11.5. The van der Waals surface area contributed by atoms with Gasteiger partial charge in [0, 0.05) is 13.0 Å². The van der Waals surface area contributed by atoms with Gasteiger partial charge in [0.05, 0.1) is 6.61 Å². The van der Waals surface area contributed by atoms with Crippen LogP contribution in [0, 0.1) is 13.8 Å². The zero-order valence-corrected chi connectivity index (χ0v) is 12.6. The number of rotatable bonds is 4. The Labute approximate surface area is 116 Å². The summed E-state index contributed by atoms with van der Waals surface area (Å²) in [5, 5.41) is 11.5. The molecular weight excluding hydrogens is 238 g/mol. The molecule has 0 radical (unpaired) electrons. The molecule has 1 aromatic carbocycles. The van der Waals surface area contributed by atoms with E-state index in [9.17, 15) is 4.79 Å². The van der Waals surface area contributed by atoms with Crippen LogP contribution in [0.3, 0.4) is 0 Å². The number of benzene rings is 1. The minimum absolute atomic E-state index is 0.104. The molecule has 0 fully saturated rings. The van der Waals surface area contributed by atoms with Crippen LogP contribution >= 0.6 is 0 Å². The van der Waals surface area contributed by atoms with Crippen molar-refractivity contribution < 1.29 is 9.90 Å². The lowest BCUT2D eigenvalue weighted by Gasteiger charge is -2.22. The van der Waals surface area contributed by atoms with Gasteiger partial charge >= 0.3 is 0 Å². The molecule has 0 aliphatic heterocycles. The van der Waals surface area contributed by atoms with Crippen molar-refractivity contribution in [3.63, 3.8) is 0 Å². The van der Waals surface area contributed by atoms with Crippen LogP contribution in [0.1, 0.15) is 49.4 Å². The number of hydrogen-bond acceptors (Lipinski definition) is 2. The second-order valence-electron chi connectivity index (χ2n) is 6.09. The van der Waals surface area contributed by atoms with E-state index in [1.165, 1.54) is 22.3 Å².